The van der Waals surface area contributed by atoms with Crippen LogP contribution >= 0.6 is 0 Å². The van der Waals surface area contributed by atoms with Crippen molar-refractivity contribution >= 4 is 38.0 Å². The topological polar surface area (TPSA) is 150 Å². The van der Waals surface area contributed by atoms with Crippen LogP contribution in [0, 0.1) is 16.0 Å². The maximum Gasteiger partial charge on any atom is 0.335 e. The van der Waals surface area contributed by atoms with Gasteiger partial charge in [-0.05, 0) is 29.8 Å². The van der Waals surface area contributed by atoms with Crippen molar-refractivity contribution in [2.75, 3.05) is 13.7 Å². The Bertz CT molecular complexity index is 1130. The number of benzene rings is 1. The van der Waals surface area contributed by atoms with Crippen LogP contribution in [0.1, 0.15) is 47.1 Å². The minimum absolute atomic E-state index is 0.0445. The molecule has 40 heavy (non-hydrogen) atoms. The summed E-state index contributed by atoms with van der Waals surface area (Å²) >= 11 is 0. The normalized spacial score (nSPS) is 23.4. The van der Waals surface area contributed by atoms with Gasteiger partial charge in [0, 0.05) is 25.8 Å². The number of hydrogen-bond acceptors (Lipinski definition) is 11. The molecule has 1 aliphatic heterocycles. The van der Waals surface area contributed by atoms with Crippen LogP contribution < -0.4 is 4.74 Å². The summed E-state index contributed by atoms with van der Waals surface area (Å²) < 4.78 is 33.2. The quantitative estimate of drug-likeness (QED) is 0.127. The second-order valence-corrected chi connectivity index (χ2v) is 15.8. The largest absolute Gasteiger partial charge is 0.467 e. The Labute approximate surface area is 235 Å². The van der Waals surface area contributed by atoms with E-state index in [1.807, 2.05) is 0 Å². The maximum absolute atomic E-state index is 12.4. The first-order valence-corrected chi connectivity index (χ1v) is 15.7. The van der Waals surface area contributed by atoms with E-state index in [1.54, 1.807) is 25.1 Å². The van der Waals surface area contributed by atoms with Crippen LogP contribution in [0.25, 0.3) is 6.08 Å². The Morgan fingerprint density at radius 3 is 2.23 bits per heavy atom. The Balaban J connectivity index is 2.37. The second-order valence-electron chi connectivity index (χ2n) is 11.0. The molecule has 1 heterocycles. The van der Waals surface area contributed by atoms with E-state index >= 15 is 0 Å². The zero-order chi connectivity index (χ0) is 30.4. The molecular weight excluding hydrogens is 542 g/mol. The van der Waals surface area contributed by atoms with Gasteiger partial charge in [0.25, 0.3) is 0 Å². The summed E-state index contributed by atoms with van der Waals surface area (Å²) in [5.41, 5.74) is 0.132. The van der Waals surface area contributed by atoms with Crippen molar-refractivity contribution in [1.82, 2.24) is 0 Å². The first-order valence-electron chi connectivity index (χ1n) is 12.8. The molecule has 0 saturated carbocycles. The Morgan fingerprint density at radius 1 is 1.10 bits per heavy atom. The van der Waals surface area contributed by atoms with Crippen LogP contribution in [0.3, 0.4) is 0 Å². The third-order valence-electron chi connectivity index (χ3n) is 6.99. The molecule has 5 atom stereocenters. The summed E-state index contributed by atoms with van der Waals surface area (Å²) in [5.74, 6) is -3.22. The number of carbonyl (C=O) groups excluding carboxylic acids is 3. The van der Waals surface area contributed by atoms with Gasteiger partial charge in [-0.2, -0.15) is 0 Å². The van der Waals surface area contributed by atoms with Gasteiger partial charge in [0.2, 0.25) is 12.4 Å². The van der Waals surface area contributed by atoms with Crippen molar-refractivity contribution in [3.63, 3.8) is 0 Å². The molecule has 1 saturated heterocycles. The highest BCUT2D eigenvalue weighted by atomic mass is 28.4. The number of carbonyl (C=O) groups is 3. The highest BCUT2D eigenvalue weighted by Gasteiger charge is 2.52. The molecule has 1 aliphatic rings. The SMILES string of the molecule is COC(=O)[C@H]1O[C@@H](Oc2ccc(/C=C/CO[Si](C)(C)C(C)(C)C)cc2[N+](=O)[O-])[C@H](OC(C)=O)[C@@H](OC(C)=O)[C@@H]1C. The molecular formula is C27H39NO11Si. The van der Waals surface area contributed by atoms with Crippen LogP contribution in [0.15, 0.2) is 24.3 Å². The number of nitro groups is 1. The molecule has 0 unspecified atom stereocenters. The molecule has 0 amide bonds. The van der Waals surface area contributed by atoms with Crippen molar-refractivity contribution in [2.24, 2.45) is 5.92 Å². The van der Waals surface area contributed by atoms with E-state index in [2.05, 4.69) is 33.9 Å². The molecule has 12 nitrogen and oxygen atoms in total. The van der Waals surface area contributed by atoms with Crippen LogP contribution in [-0.4, -0.2) is 69.5 Å². The molecule has 0 bridgehead atoms. The number of hydrogen-bond donors (Lipinski definition) is 0. The first-order chi connectivity index (χ1) is 18.5. The smallest absolute Gasteiger partial charge is 0.335 e. The lowest BCUT2D eigenvalue weighted by Crippen LogP contribution is -2.60. The number of methoxy groups -OCH3 is 1. The fourth-order valence-corrected chi connectivity index (χ4v) is 4.74. The molecule has 222 valence electrons. The average molecular weight is 582 g/mol. The van der Waals surface area contributed by atoms with E-state index in [4.69, 9.17) is 28.1 Å². The third kappa shape index (κ3) is 8.35. The van der Waals surface area contributed by atoms with Crippen molar-refractivity contribution in [3.8, 4) is 5.75 Å². The van der Waals surface area contributed by atoms with E-state index in [-0.39, 0.29) is 10.8 Å². The number of nitrogens with zero attached hydrogens (tertiary/aromatic N) is 1. The Kier molecular flexibility index (Phi) is 11.0. The summed E-state index contributed by atoms with van der Waals surface area (Å²) in [6.07, 6.45) is -1.81. The van der Waals surface area contributed by atoms with E-state index in [0.717, 1.165) is 21.0 Å². The predicted octanol–water partition coefficient (Wildman–Crippen LogP) is 4.41. The van der Waals surface area contributed by atoms with E-state index in [1.165, 1.54) is 12.1 Å². The summed E-state index contributed by atoms with van der Waals surface area (Å²) in [6, 6.07) is 4.28. The van der Waals surface area contributed by atoms with Crippen molar-refractivity contribution < 1.29 is 47.4 Å². The van der Waals surface area contributed by atoms with Gasteiger partial charge in [-0.1, -0.05) is 45.9 Å². The molecule has 0 N–H and O–H groups in total. The molecule has 0 aliphatic carbocycles. The number of rotatable bonds is 10. The van der Waals surface area contributed by atoms with Crippen molar-refractivity contribution in [2.45, 2.75) is 84.3 Å². The Morgan fingerprint density at radius 2 is 1.70 bits per heavy atom. The summed E-state index contributed by atoms with van der Waals surface area (Å²) in [4.78, 5) is 47.5. The van der Waals surface area contributed by atoms with Gasteiger partial charge in [-0.15, -0.1) is 0 Å². The third-order valence-corrected chi connectivity index (χ3v) is 11.5. The summed E-state index contributed by atoms with van der Waals surface area (Å²) in [7, 11) is -0.801. The fourth-order valence-electron chi connectivity index (χ4n) is 3.80. The lowest BCUT2D eigenvalue weighted by atomic mass is 9.90. The fraction of sp³-hybridized carbons (Fsp3) is 0.593. The van der Waals surface area contributed by atoms with E-state index in [9.17, 15) is 24.5 Å². The monoisotopic (exact) mass is 581 g/mol. The number of ether oxygens (including phenoxy) is 5. The molecule has 0 aromatic heterocycles. The highest BCUT2D eigenvalue weighted by Crippen LogP contribution is 2.37. The van der Waals surface area contributed by atoms with Gasteiger partial charge in [0.15, 0.2) is 26.3 Å². The predicted molar refractivity (Wildman–Crippen MR) is 147 cm³/mol. The standard InChI is InChI=1S/C27H39NO11Si/c1-16-22(36-17(2)29)24(37-18(3)30)26(39-23(16)25(31)34-7)38-21-13-12-19(15-20(21)28(32)33)11-10-14-35-40(8,9)27(4,5)6/h10-13,15-16,22-24,26H,14H2,1-9H3/b11-10+/t16-,22-,23-,24+,26+/m0/s1. The van der Waals surface area contributed by atoms with E-state index < -0.39 is 67.4 Å². The number of esters is 3. The maximum atomic E-state index is 12.4. The van der Waals surface area contributed by atoms with Crippen LogP contribution in [0.4, 0.5) is 5.69 Å². The van der Waals surface area contributed by atoms with E-state index in [0.29, 0.717) is 12.2 Å². The number of nitro benzene ring substituents is 1. The van der Waals surface area contributed by atoms with Crippen LogP contribution in [0.2, 0.25) is 18.1 Å². The minimum atomic E-state index is -1.96. The highest BCUT2D eigenvalue weighted by molar-refractivity contribution is 6.74. The van der Waals surface area contributed by atoms with Gasteiger partial charge in [0.05, 0.1) is 18.6 Å². The van der Waals surface area contributed by atoms with Crippen molar-refractivity contribution in [1.29, 1.82) is 0 Å². The first kappa shape index (κ1) is 32.9. The van der Waals surface area contributed by atoms with Crippen molar-refractivity contribution in [3.05, 3.63) is 40.0 Å². The van der Waals surface area contributed by atoms with Crippen LogP contribution in [-0.2, 0) is 37.8 Å². The van der Waals surface area contributed by atoms with Gasteiger partial charge in [0.1, 0.15) is 0 Å². The zero-order valence-corrected chi connectivity index (χ0v) is 25.4. The van der Waals surface area contributed by atoms with Gasteiger partial charge < -0.3 is 28.1 Å². The molecule has 2 rings (SSSR count). The molecule has 0 radical (unpaired) electrons. The van der Waals surface area contributed by atoms with Gasteiger partial charge in [-0.25, -0.2) is 4.79 Å². The molecule has 0 spiro atoms. The average Bonchev–Trinajstić information content (AvgIpc) is 2.84. The molecule has 13 heteroatoms. The zero-order valence-electron chi connectivity index (χ0n) is 24.4. The lowest BCUT2D eigenvalue weighted by Gasteiger charge is -2.42. The molecule has 1 aromatic carbocycles. The molecule has 1 aromatic rings. The lowest BCUT2D eigenvalue weighted by molar-refractivity contribution is -0.387. The van der Waals surface area contributed by atoms with Gasteiger partial charge >= 0.3 is 23.6 Å². The van der Waals surface area contributed by atoms with Crippen LogP contribution in [0.5, 0.6) is 5.75 Å². The molecule has 1 fully saturated rings. The summed E-state index contributed by atoms with van der Waals surface area (Å²) in [5, 5.41) is 12.0. The minimum Gasteiger partial charge on any atom is -0.467 e. The second kappa shape index (κ2) is 13.4. The van der Waals surface area contributed by atoms with Gasteiger partial charge in [-0.3, -0.25) is 19.7 Å². The Hall–Kier alpha value is -3.29. The summed E-state index contributed by atoms with van der Waals surface area (Å²) in [6.45, 7) is 14.9.